The first-order valence-corrected chi connectivity index (χ1v) is 7.57. The molecule has 0 fully saturated rings. The van der Waals surface area contributed by atoms with E-state index in [4.69, 9.17) is 9.47 Å². The average Bonchev–Trinajstić information content (AvgIpc) is 2.55. The molecule has 1 atom stereocenters. The number of hydrogen-bond acceptors (Lipinski definition) is 4. The van der Waals surface area contributed by atoms with Gasteiger partial charge in [-0.2, -0.15) is 5.26 Å². The molecule has 1 N–H and O–H groups in total. The van der Waals surface area contributed by atoms with Crippen molar-refractivity contribution >= 4 is 0 Å². The van der Waals surface area contributed by atoms with E-state index in [1.165, 1.54) is 0 Å². The van der Waals surface area contributed by atoms with Crippen LogP contribution in [-0.4, -0.2) is 33.5 Å². The number of benzene rings is 1. The lowest BCUT2D eigenvalue weighted by Crippen LogP contribution is -2.42. The Kier molecular flexibility index (Phi) is 8.68. The van der Waals surface area contributed by atoms with Crippen molar-refractivity contribution in [2.24, 2.45) is 0 Å². The predicted octanol–water partition coefficient (Wildman–Crippen LogP) is 2.85. The Labute approximate surface area is 128 Å². The van der Waals surface area contributed by atoms with Crippen molar-refractivity contribution in [2.75, 3.05) is 33.5 Å². The largest absolute Gasteiger partial charge is 0.385 e. The minimum Gasteiger partial charge on any atom is -0.385 e. The quantitative estimate of drug-likeness (QED) is 0.637. The van der Waals surface area contributed by atoms with Gasteiger partial charge in [0.15, 0.2) is 0 Å². The summed E-state index contributed by atoms with van der Waals surface area (Å²) in [7, 11) is 1.69. The first-order valence-electron chi connectivity index (χ1n) is 7.57. The van der Waals surface area contributed by atoms with Crippen molar-refractivity contribution in [1.82, 2.24) is 5.32 Å². The van der Waals surface area contributed by atoms with Crippen LogP contribution in [0, 0.1) is 11.3 Å². The molecule has 0 aliphatic heterocycles. The van der Waals surface area contributed by atoms with E-state index < -0.39 is 5.54 Å². The Bertz CT molecular complexity index is 417. The molecule has 0 aromatic heterocycles. The van der Waals surface area contributed by atoms with Gasteiger partial charge in [-0.25, -0.2) is 0 Å². The van der Waals surface area contributed by atoms with E-state index in [0.29, 0.717) is 26.2 Å². The van der Waals surface area contributed by atoms with Gasteiger partial charge in [0, 0.05) is 33.4 Å². The summed E-state index contributed by atoms with van der Waals surface area (Å²) in [6.07, 6.45) is 2.51. The van der Waals surface area contributed by atoms with E-state index >= 15 is 0 Å². The summed E-state index contributed by atoms with van der Waals surface area (Å²) >= 11 is 0. The molecule has 21 heavy (non-hydrogen) atoms. The van der Waals surface area contributed by atoms with Crippen LogP contribution in [0.4, 0.5) is 0 Å². The van der Waals surface area contributed by atoms with Crippen LogP contribution in [0.3, 0.4) is 0 Å². The van der Waals surface area contributed by atoms with Crippen LogP contribution in [0.25, 0.3) is 0 Å². The lowest BCUT2D eigenvalue weighted by Gasteiger charge is -2.28. The third-order valence-corrected chi connectivity index (χ3v) is 3.39. The van der Waals surface area contributed by atoms with E-state index in [1.54, 1.807) is 7.11 Å². The van der Waals surface area contributed by atoms with Gasteiger partial charge < -0.3 is 9.47 Å². The van der Waals surface area contributed by atoms with Crippen molar-refractivity contribution < 1.29 is 9.47 Å². The summed E-state index contributed by atoms with van der Waals surface area (Å²) in [5.74, 6) is 0. The van der Waals surface area contributed by atoms with E-state index in [9.17, 15) is 5.26 Å². The molecule has 0 bridgehead atoms. The minimum absolute atomic E-state index is 0.558. The maximum Gasteiger partial charge on any atom is 0.134 e. The van der Waals surface area contributed by atoms with Crippen LogP contribution in [0.1, 0.15) is 31.7 Å². The van der Waals surface area contributed by atoms with E-state index in [1.807, 2.05) is 30.3 Å². The molecule has 0 heterocycles. The molecule has 0 radical (unpaired) electrons. The van der Waals surface area contributed by atoms with Crippen molar-refractivity contribution in [3.63, 3.8) is 0 Å². The fourth-order valence-electron chi connectivity index (χ4n) is 2.19. The van der Waals surface area contributed by atoms with Gasteiger partial charge in [-0.3, -0.25) is 5.32 Å². The Balaban J connectivity index is 2.62. The fourth-order valence-corrected chi connectivity index (χ4v) is 2.19. The highest BCUT2D eigenvalue weighted by molar-refractivity contribution is 5.31. The molecule has 0 amide bonds. The van der Waals surface area contributed by atoms with Crippen molar-refractivity contribution in [3.05, 3.63) is 35.9 Å². The standard InChI is InChI=1S/C17H26N2O2/c1-3-11-19-17(15-18,16-8-5-4-6-9-16)10-14-21-13-7-12-20-2/h4-6,8-9,19H,3,7,10-14H2,1-2H3. The molecule has 0 aliphatic rings. The zero-order valence-corrected chi connectivity index (χ0v) is 13.1. The molecule has 1 rings (SSSR count). The summed E-state index contributed by atoms with van der Waals surface area (Å²) in [6.45, 7) is 4.84. The third kappa shape index (κ3) is 5.84. The van der Waals surface area contributed by atoms with E-state index in [2.05, 4.69) is 18.3 Å². The van der Waals surface area contributed by atoms with Crippen LogP contribution >= 0.6 is 0 Å². The van der Waals surface area contributed by atoms with Crippen LogP contribution in [0.15, 0.2) is 30.3 Å². The van der Waals surface area contributed by atoms with Crippen molar-refractivity contribution in [2.45, 2.75) is 31.7 Å². The number of nitriles is 1. The first kappa shape index (κ1) is 17.6. The Hall–Kier alpha value is -1.41. The molecular formula is C17H26N2O2. The van der Waals surface area contributed by atoms with Gasteiger partial charge in [0.1, 0.15) is 5.54 Å². The minimum atomic E-state index is -0.668. The predicted molar refractivity (Wildman–Crippen MR) is 84.0 cm³/mol. The number of nitrogens with one attached hydrogen (secondary N) is 1. The zero-order chi connectivity index (χ0) is 15.4. The van der Waals surface area contributed by atoms with E-state index in [0.717, 1.165) is 24.9 Å². The van der Waals surface area contributed by atoms with Gasteiger partial charge in [-0.15, -0.1) is 0 Å². The number of nitrogens with zero attached hydrogens (tertiary/aromatic N) is 1. The second-order valence-corrected chi connectivity index (χ2v) is 5.02. The molecule has 0 saturated carbocycles. The molecule has 0 aliphatic carbocycles. The van der Waals surface area contributed by atoms with Gasteiger partial charge >= 0.3 is 0 Å². The smallest absolute Gasteiger partial charge is 0.134 e. The van der Waals surface area contributed by atoms with Gasteiger partial charge in [-0.05, 0) is 24.9 Å². The van der Waals surface area contributed by atoms with Crippen LogP contribution in [0.5, 0.6) is 0 Å². The van der Waals surface area contributed by atoms with Gasteiger partial charge in [0.25, 0.3) is 0 Å². The maximum atomic E-state index is 9.71. The highest BCUT2D eigenvalue weighted by Crippen LogP contribution is 2.24. The lowest BCUT2D eigenvalue weighted by atomic mass is 9.88. The fraction of sp³-hybridized carbons (Fsp3) is 0.588. The molecule has 116 valence electrons. The molecule has 1 aromatic carbocycles. The van der Waals surface area contributed by atoms with Crippen LogP contribution < -0.4 is 5.32 Å². The Morgan fingerprint density at radius 2 is 1.95 bits per heavy atom. The second-order valence-electron chi connectivity index (χ2n) is 5.02. The topological polar surface area (TPSA) is 54.3 Å². The molecule has 1 aromatic rings. The van der Waals surface area contributed by atoms with Crippen LogP contribution in [0.2, 0.25) is 0 Å². The lowest BCUT2D eigenvalue weighted by molar-refractivity contribution is 0.0909. The molecule has 1 unspecified atom stereocenters. The second kappa shape index (κ2) is 10.3. The SMILES string of the molecule is CCCNC(C#N)(CCOCCCOC)c1ccccc1. The van der Waals surface area contributed by atoms with Crippen LogP contribution in [-0.2, 0) is 15.0 Å². The molecule has 4 nitrogen and oxygen atoms in total. The molecular weight excluding hydrogens is 264 g/mol. The average molecular weight is 290 g/mol. The summed E-state index contributed by atoms with van der Waals surface area (Å²) in [5, 5.41) is 13.1. The van der Waals surface area contributed by atoms with Gasteiger partial charge in [0.05, 0.1) is 6.07 Å². The molecule has 0 saturated heterocycles. The third-order valence-electron chi connectivity index (χ3n) is 3.39. The molecule has 0 spiro atoms. The Morgan fingerprint density at radius 1 is 1.19 bits per heavy atom. The maximum absolute atomic E-state index is 9.71. The van der Waals surface area contributed by atoms with Gasteiger partial charge in [-0.1, -0.05) is 37.3 Å². The monoisotopic (exact) mass is 290 g/mol. The number of hydrogen-bond donors (Lipinski definition) is 1. The van der Waals surface area contributed by atoms with Crippen molar-refractivity contribution in [1.29, 1.82) is 5.26 Å². The van der Waals surface area contributed by atoms with E-state index in [-0.39, 0.29) is 0 Å². The summed E-state index contributed by atoms with van der Waals surface area (Å²) in [5.41, 5.74) is 0.333. The zero-order valence-electron chi connectivity index (χ0n) is 13.1. The highest BCUT2D eigenvalue weighted by atomic mass is 16.5. The summed E-state index contributed by atoms with van der Waals surface area (Å²) in [6, 6.07) is 12.3. The van der Waals surface area contributed by atoms with Gasteiger partial charge in [0.2, 0.25) is 0 Å². The molecule has 4 heteroatoms. The number of ether oxygens (including phenoxy) is 2. The summed E-state index contributed by atoms with van der Waals surface area (Å²) < 4.78 is 10.6. The first-order chi connectivity index (χ1) is 10.3. The van der Waals surface area contributed by atoms with Crippen molar-refractivity contribution in [3.8, 4) is 6.07 Å². The highest BCUT2D eigenvalue weighted by Gasteiger charge is 2.31. The Morgan fingerprint density at radius 3 is 2.57 bits per heavy atom. The number of rotatable bonds is 11. The normalized spacial score (nSPS) is 13.6. The summed E-state index contributed by atoms with van der Waals surface area (Å²) in [4.78, 5) is 0. The number of methoxy groups -OCH3 is 1.